The van der Waals surface area contributed by atoms with Crippen LogP contribution in [0.4, 0.5) is 0 Å². The van der Waals surface area contributed by atoms with Crippen LogP contribution in [-0.4, -0.2) is 62.4 Å². The van der Waals surface area contributed by atoms with Gasteiger partial charge in [0.2, 0.25) is 17.6 Å². The summed E-state index contributed by atoms with van der Waals surface area (Å²) < 4.78 is 10.6. The molecule has 2 N–H and O–H groups in total. The summed E-state index contributed by atoms with van der Waals surface area (Å²) in [5.74, 6) is 0.184. The maximum Gasteiger partial charge on any atom is 0.335 e. The highest BCUT2D eigenvalue weighted by Gasteiger charge is 2.40. The summed E-state index contributed by atoms with van der Waals surface area (Å²) in [7, 11) is 0. The molecule has 0 aliphatic carbocycles. The van der Waals surface area contributed by atoms with Gasteiger partial charge in [-0.05, 0) is 31.2 Å². The summed E-state index contributed by atoms with van der Waals surface area (Å²) in [6.45, 7) is 2.93. The lowest BCUT2D eigenvalue weighted by Gasteiger charge is -2.35. The van der Waals surface area contributed by atoms with E-state index in [1.54, 1.807) is 4.90 Å². The van der Waals surface area contributed by atoms with Crippen LogP contribution in [0.5, 0.6) is 5.75 Å². The van der Waals surface area contributed by atoms with Gasteiger partial charge in [-0.2, -0.15) is 4.98 Å². The zero-order chi connectivity index (χ0) is 20.1. The van der Waals surface area contributed by atoms with Gasteiger partial charge >= 0.3 is 5.97 Å². The fourth-order valence-electron chi connectivity index (χ4n) is 3.05. The molecule has 0 atom stereocenters. The van der Waals surface area contributed by atoms with Gasteiger partial charge in [0, 0.05) is 44.3 Å². The van der Waals surface area contributed by atoms with Crippen molar-refractivity contribution in [2.24, 2.45) is 0 Å². The molecule has 2 aromatic rings. The van der Waals surface area contributed by atoms with E-state index in [2.05, 4.69) is 10.1 Å². The Kier molecular flexibility index (Phi) is 5.93. The van der Waals surface area contributed by atoms with Gasteiger partial charge in [0.05, 0.1) is 6.61 Å². The Balaban J connectivity index is 1.52. The molecule has 28 heavy (non-hydrogen) atoms. The first-order valence-electron chi connectivity index (χ1n) is 9.20. The number of hydrogen-bond donors (Lipinski definition) is 2. The Hall–Kier alpha value is -2.94. The zero-order valence-electron chi connectivity index (χ0n) is 15.6. The van der Waals surface area contributed by atoms with E-state index in [1.165, 1.54) is 0 Å². The van der Waals surface area contributed by atoms with Crippen LogP contribution in [0.25, 0.3) is 11.4 Å². The quantitative estimate of drug-likeness (QED) is 0.730. The average Bonchev–Trinajstić information content (AvgIpc) is 3.16. The van der Waals surface area contributed by atoms with E-state index in [9.17, 15) is 14.7 Å². The number of amides is 1. The molecule has 2 heterocycles. The van der Waals surface area contributed by atoms with Gasteiger partial charge in [-0.25, -0.2) is 4.79 Å². The van der Waals surface area contributed by atoms with E-state index in [0.717, 1.165) is 11.3 Å². The number of ether oxygens (including phenoxy) is 1. The van der Waals surface area contributed by atoms with Gasteiger partial charge < -0.3 is 24.4 Å². The maximum atomic E-state index is 12.3. The average molecular weight is 389 g/mol. The largest absolute Gasteiger partial charge is 0.494 e. The second kappa shape index (κ2) is 8.39. The summed E-state index contributed by atoms with van der Waals surface area (Å²) in [4.78, 5) is 29.2. The molecule has 0 spiro atoms. The molecule has 1 amide bonds. The van der Waals surface area contributed by atoms with Gasteiger partial charge in [-0.15, -0.1) is 0 Å². The van der Waals surface area contributed by atoms with E-state index in [4.69, 9.17) is 14.4 Å². The number of benzene rings is 1. The minimum absolute atomic E-state index is 0.0243. The normalized spacial score (nSPS) is 16.0. The SMILES string of the molecule is CCOc1ccc(-c2noc(CCC(=O)N3CCC(O)(C(=O)O)CC3)n2)cc1. The van der Waals surface area contributed by atoms with E-state index in [0.29, 0.717) is 24.7 Å². The fourth-order valence-corrected chi connectivity index (χ4v) is 3.05. The minimum atomic E-state index is -1.74. The number of piperidine rings is 1. The van der Waals surface area contributed by atoms with Gasteiger partial charge in [0.1, 0.15) is 5.75 Å². The van der Waals surface area contributed by atoms with E-state index >= 15 is 0 Å². The highest BCUT2D eigenvalue weighted by Crippen LogP contribution is 2.23. The highest BCUT2D eigenvalue weighted by molar-refractivity contribution is 5.79. The molecule has 1 saturated heterocycles. The number of carboxylic acids is 1. The summed E-state index contributed by atoms with van der Waals surface area (Å²) in [6.07, 6.45) is 0.520. The van der Waals surface area contributed by atoms with Crippen LogP contribution < -0.4 is 4.74 Å². The molecule has 0 unspecified atom stereocenters. The van der Waals surface area contributed by atoms with Crippen LogP contribution in [0.15, 0.2) is 28.8 Å². The summed E-state index contributed by atoms with van der Waals surface area (Å²) in [5.41, 5.74) is -0.954. The molecule has 9 nitrogen and oxygen atoms in total. The smallest absolute Gasteiger partial charge is 0.335 e. The number of nitrogens with zero attached hydrogens (tertiary/aromatic N) is 3. The predicted octanol–water partition coefficient (Wildman–Crippen LogP) is 1.51. The third-order valence-electron chi connectivity index (χ3n) is 4.79. The molecule has 1 aliphatic rings. The topological polar surface area (TPSA) is 126 Å². The Bertz CT molecular complexity index is 824. The summed E-state index contributed by atoms with van der Waals surface area (Å²) in [6, 6.07) is 7.32. The van der Waals surface area contributed by atoms with Crippen molar-refractivity contribution in [3.05, 3.63) is 30.2 Å². The van der Waals surface area contributed by atoms with Crippen LogP contribution in [0.3, 0.4) is 0 Å². The van der Waals surface area contributed by atoms with Crippen LogP contribution in [-0.2, 0) is 16.0 Å². The van der Waals surface area contributed by atoms with Crippen molar-refractivity contribution in [1.82, 2.24) is 15.0 Å². The summed E-state index contributed by atoms with van der Waals surface area (Å²) in [5, 5.41) is 22.9. The van der Waals surface area contributed by atoms with Gasteiger partial charge in [0.25, 0.3) is 0 Å². The second-order valence-electron chi connectivity index (χ2n) is 6.69. The molecular weight excluding hydrogens is 366 g/mol. The number of aromatic nitrogens is 2. The number of likely N-dealkylation sites (tertiary alicyclic amines) is 1. The van der Waals surface area contributed by atoms with Crippen molar-refractivity contribution in [3.8, 4) is 17.1 Å². The third-order valence-corrected chi connectivity index (χ3v) is 4.79. The van der Waals surface area contributed by atoms with Crippen molar-refractivity contribution >= 4 is 11.9 Å². The first-order chi connectivity index (χ1) is 13.4. The number of rotatable bonds is 7. The Labute approximate surface area is 161 Å². The van der Waals surface area contributed by atoms with Crippen LogP contribution >= 0.6 is 0 Å². The number of hydrogen-bond acceptors (Lipinski definition) is 7. The molecule has 150 valence electrons. The molecule has 1 aromatic heterocycles. The molecule has 3 rings (SSSR count). The number of aliphatic hydroxyl groups is 1. The number of aryl methyl sites for hydroxylation is 1. The number of aliphatic carboxylic acids is 1. The Morgan fingerprint density at radius 2 is 1.93 bits per heavy atom. The maximum absolute atomic E-state index is 12.3. The fraction of sp³-hybridized carbons (Fsp3) is 0.474. The predicted molar refractivity (Wildman–Crippen MR) is 97.6 cm³/mol. The monoisotopic (exact) mass is 389 g/mol. The lowest BCUT2D eigenvalue weighted by molar-refractivity contribution is -0.165. The van der Waals surface area contributed by atoms with Crippen molar-refractivity contribution in [2.45, 2.75) is 38.2 Å². The highest BCUT2D eigenvalue weighted by atomic mass is 16.5. The summed E-state index contributed by atoms with van der Waals surface area (Å²) >= 11 is 0. The standard InChI is InChI=1S/C19H23N3O6/c1-2-27-14-5-3-13(4-6-14)17-20-15(28-21-17)7-8-16(23)22-11-9-19(26,10-12-22)18(24)25/h3-6,26H,2,7-12H2,1H3,(H,24,25). The van der Waals surface area contributed by atoms with E-state index in [1.807, 2.05) is 31.2 Å². The Morgan fingerprint density at radius 1 is 1.25 bits per heavy atom. The lowest BCUT2D eigenvalue weighted by Crippen LogP contribution is -2.50. The molecule has 0 saturated carbocycles. The van der Waals surface area contributed by atoms with Gasteiger partial charge in [0.15, 0.2) is 5.60 Å². The Morgan fingerprint density at radius 3 is 2.54 bits per heavy atom. The molecule has 1 aliphatic heterocycles. The number of carbonyl (C=O) groups is 2. The number of carboxylic acid groups (broad SMARTS) is 1. The van der Waals surface area contributed by atoms with Gasteiger partial charge in [-0.1, -0.05) is 5.16 Å². The van der Waals surface area contributed by atoms with Crippen LogP contribution in [0.1, 0.15) is 32.1 Å². The second-order valence-corrected chi connectivity index (χ2v) is 6.69. The van der Waals surface area contributed by atoms with E-state index in [-0.39, 0.29) is 38.3 Å². The van der Waals surface area contributed by atoms with Crippen molar-refractivity contribution in [1.29, 1.82) is 0 Å². The van der Waals surface area contributed by atoms with Crippen LogP contribution in [0, 0.1) is 0 Å². The van der Waals surface area contributed by atoms with Crippen LogP contribution in [0.2, 0.25) is 0 Å². The molecular formula is C19H23N3O6. The first kappa shape index (κ1) is 19.8. The molecule has 0 bridgehead atoms. The first-order valence-corrected chi connectivity index (χ1v) is 9.20. The lowest BCUT2D eigenvalue weighted by atomic mass is 9.91. The van der Waals surface area contributed by atoms with Crippen molar-refractivity contribution in [3.63, 3.8) is 0 Å². The van der Waals surface area contributed by atoms with Crippen molar-refractivity contribution < 1.29 is 29.1 Å². The molecule has 1 aromatic carbocycles. The van der Waals surface area contributed by atoms with E-state index < -0.39 is 11.6 Å². The third kappa shape index (κ3) is 4.48. The molecule has 9 heteroatoms. The van der Waals surface area contributed by atoms with Gasteiger partial charge in [-0.3, -0.25) is 4.79 Å². The number of carbonyl (C=O) groups excluding carboxylic acids is 1. The minimum Gasteiger partial charge on any atom is -0.494 e. The van der Waals surface area contributed by atoms with Crippen molar-refractivity contribution in [2.75, 3.05) is 19.7 Å². The molecule has 1 fully saturated rings. The molecule has 0 radical (unpaired) electrons. The zero-order valence-corrected chi connectivity index (χ0v) is 15.6.